The molecular formula is C24H19Cl2N3O3S. The molecule has 6 nitrogen and oxygen atoms in total. The van der Waals surface area contributed by atoms with Gasteiger partial charge in [-0.2, -0.15) is 0 Å². The molecule has 0 spiro atoms. The largest absolute Gasteiger partial charge is 0.494 e. The zero-order chi connectivity index (χ0) is 23.7. The third-order valence-electron chi connectivity index (χ3n) is 4.96. The van der Waals surface area contributed by atoms with Crippen molar-refractivity contribution in [2.75, 3.05) is 12.4 Å². The predicted octanol–water partition coefficient (Wildman–Crippen LogP) is 6.55. The van der Waals surface area contributed by atoms with E-state index in [1.54, 1.807) is 0 Å². The molecular weight excluding hydrogens is 481 g/mol. The van der Waals surface area contributed by atoms with Crippen LogP contribution in [0.25, 0.3) is 22.6 Å². The van der Waals surface area contributed by atoms with Crippen molar-refractivity contribution in [3.05, 3.63) is 75.3 Å². The highest BCUT2D eigenvalue weighted by Crippen LogP contribution is 2.32. The number of hydrogen-bond acceptors (Lipinski definition) is 5. The number of halogens is 2. The van der Waals surface area contributed by atoms with Crippen molar-refractivity contribution < 1.29 is 13.9 Å². The van der Waals surface area contributed by atoms with Gasteiger partial charge in [0, 0.05) is 16.3 Å². The Labute approximate surface area is 205 Å². The third kappa shape index (κ3) is 4.95. The van der Waals surface area contributed by atoms with Gasteiger partial charge >= 0.3 is 0 Å². The summed E-state index contributed by atoms with van der Waals surface area (Å²) in [6.07, 6.45) is 0. The summed E-state index contributed by atoms with van der Waals surface area (Å²) in [7, 11) is 1.42. The SMILES string of the molecule is COc1c(Cl)cc(Cl)cc1C(=O)NC(=S)Nc1cc(-c2nc3cc(C)ccc3o2)ccc1C. The van der Waals surface area contributed by atoms with E-state index in [1.165, 1.54) is 19.2 Å². The third-order valence-corrected chi connectivity index (χ3v) is 5.66. The molecule has 1 aromatic heterocycles. The molecule has 0 aliphatic carbocycles. The number of methoxy groups -OCH3 is 1. The van der Waals surface area contributed by atoms with Crippen molar-refractivity contribution in [3.8, 4) is 17.2 Å². The van der Waals surface area contributed by atoms with Crippen molar-refractivity contribution in [3.63, 3.8) is 0 Å². The number of ether oxygens (including phenoxy) is 1. The summed E-state index contributed by atoms with van der Waals surface area (Å²) < 4.78 is 11.1. The van der Waals surface area contributed by atoms with Gasteiger partial charge in [-0.25, -0.2) is 4.98 Å². The van der Waals surface area contributed by atoms with Crippen LogP contribution in [-0.2, 0) is 0 Å². The van der Waals surface area contributed by atoms with Gasteiger partial charge in [0.1, 0.15) is 11.3 Å². The Bertz CT molecular complexity index is 1400. The fourth-order valence-electron chi connectivity index (χ4n) is 3.31. The van der Waals surface area contributed by atoms with Crippen molar-refractivity contribution in [1.82, 2.24) is 10.3 Å². The summed E-state index contributed by atoms with van der Waals surface area (Å²) in [4.78, 5) is 17.4. The van der Waals surface area contributed by atoms with Gasteiger partial charge in [-0.3, -0.25) is 10.1 Å². The van der Waals surface area contributed by atoms with E-state index in [4.69, 9.17) is 44.6 Å². The number of rotatable bonds is 4. The average Bonchev–Trinajstić information content (AvgIpc) is 3.17. The molecule has 2 N–H and O–H groups in total. The molecule has 1 heterocycles. The first-order valence-corrected chi connectivity index (χ1v) is 11.0. The molecule has 33 heavy (non-hydrogen) atoms. The van der Waals surface area contributed by atoms with Crippen LogP contribution in [-0.4, -0.2) is 23.1 Å². The number of carbonyl (C=O) groups excluding carboxylic acids is 1. The molecule has 4 rings (SSSR count). The minimum atomic E-state index is -0.503. The van der Waals surface area contributed by atoms with E-state index in [1.807, 2.05) is 50.2 Å². The molecule has 3 aromatic carbocycles. The minimum absolute atomic E-state index is 0.103. The number of aryl methyl sites for hydroxylation is 2. The van der Waals surface area contributed by atoms with Crippen LogP contribution in [0.3, 0.4) is 0 Å². The molecule has 0 fully saturated rings. The summed E-state index contributed by atoms with van der Waals surface area (Å²) in [5, 5.41) is 6.33. The Kier molecular flexibility index (Phi) is 6.56. The lowest BCUT2D eigenvalue weighted by Crippen LogP contribution is -2.34. The predicted molar refractivity (Wildman–Crippen MR) is 136 cm³/mol. The highest BCUT2D eigenvalue weighted by atomic mass is 35.5. The summed E-state index contributed by atoms with van der Waals surface area (Å²) in [5.74, 6) is 0.203. The highest BCUT2D eigenvalue weighted by molar-refractivity contribution is 7.80. The molecule has 0 aliphatic heterocycles. The Morgan fingerprint density at radius 2 is 1.88 bits per heavy atom. The van der Waals surface area contributed by atoms with Crippen LogP contribution < -0.4 is 15.4 Å². The standard InChI is InChI=1S/C24H19Cl2N3O3S/c1-12-4-7-20-19(8-12)27-23(32-20)14-6-5-13(2)18(9-14)28-24(33)29-22(30)16-10-15(25)11-17(26)21(16)31-3/h4-11H,1-3H3,(H2,28,29,30,33). The molecule has 0 bridgehead atoms. The first kappa shape index (κ1) is 23.0. The van der Waals surface area contributed by atoms with E-state index in [9.17, 15) is 4.79 Å². The maximum Gasteiger partial charge on any atom is 0.261 e. The molecule has 0 atom stereocenters. The minimum Gasteiger partial charge on any atom is -0.494 e. The Morgan fingerprint density at radius 3 is 2.64 bits per heavy atom. The van der Waals surface area contributed by atoms with E-state index >= 15 is 0 Å². The van der Waals surface area contributed by atoms with Crippen LogP contribution in [0.5, 0.6) is 5.75 Å². The second-order valence-electron chi connectivity index (χ2n) is 7.40. The fourth-order valence-corrected chi connectivity index (χ4v) is 4.08. The first-order valence-electron chi connectivity index (χ1n) is 9.88. The number of nitrogens with zero attached hydrogens (tertiary/aromatic N) is 1. The topological polar surface area (TPSA) is 76.4 Å². The van der Waals surface area contributed by atoms with Crippen LogP contribution in [0.15, 0.2) is 52.9 Å². The van der Waals surface area contributed by atoms with Crippen LogP contribution in [0.1, 0.15) is 21.5 Å². The van der Waals surface area contributed by atoms with Crippen LogP contribution in [0.4, 0.5) is 5.69 Å². The number of thiocarbonyl (C=S) groups is 1. The van der Waals surface area contributed by atoms with E-state index in [0.29, 0.717) is 22.2 Å². The summed E-state index contributed by atoms with van der Waals surface area (Å²) >= 11 is 17.5. The molecule has 9 heteroatoms. The molecule has 0 saturated heterocycles. The molecule has 0 radical (unpaired) electrons. The van der Waals surface area contributed by atoms with E-state index in [0.717, 1.165) is 22.2 Å². The number of aromatic nitrogens is 1. The second-order valence-corrected chi connectivity index (χ2v) is 8.65. The van der Waals surface area contributed by atoms with Crippen LogP contribution in [0.2, 0.25) is 10.0 Å². The quantitative estimate of drug-likeness (QED) is 0.310. The Morgan fingerprint density at radius 1 is 1.09 bits per heavy atom. The van der Waals surface area contributed by atoms with Crippen molar-refractivity contribution >= 4 is 63.2 Å². The number of nitrogens with one attached hydrogen (secondary N) is 2. The number of hydrogen-bond donors (Lipinski definition) is 2. The van der Waals surface area contributed by atoms with E-state index in [-0.39, 0.29) is 21.4 Å². The normalized spacial score (nSPS) is 10.8. The lowest BCUT2D eigenvalue weighted by Gasteiger charge is -2.14. The van der Waals surface area contributed by atoms with Gasteiger partial charge in [0.25, 0.3) is 5.91 Å². The zero-order valence-electron chi connectivity index (χ0n) is 18.0. The number of carbonyl (C=O) groups is 1. The van der Waals surface area contributed by atoms with Crippen LogP contribution in [0, 0.1) is 13.8 Å². The van der Waals surface area contributed by atoms with Crippen molar-refractivity contribution in [2.24, 2.45) is 0 Å². The fraction of sp³-hybridized carbons (Fsp3) is 0.125. The van der Waals surface area contributed by atoms with Crippen LogP contribution >= 0.6 is 35.4 Å². The molecule has 0 saturated carbocycles. The van der Waals surface area contributed by atoms with Gasteiger partial charge in [0.2, 0.25) is 5.89 Å². The van der Waals surface area contributed by atoms with Gasteiger partial charge in [-0.15, -0.1) is 0 Å². The van der Waals surface area contributed by atoms with Gasteiger partial charge in [0.15, 0.2) is 10.7 Å². The molecule has 4 aromatic rings. The lowest BCUT2D eigenvalue weighted by atomic mass is 10.1. The van der Waals surface area contributed by atoms with Gasteiger partial charge in [-0.05, 0) is 73.6 Å². The Balaban J connectivity index is 1.55. The zero-order valence-corrected chi connectivity index (χ0v) is 20.3. The Hall–Kier alpha value is -3.13. The maximum atomic E-state index is 12.8. The highest BCUT2D eigenvalue weighted by Gasteiger charge is 2.18. The van der Waals surface area contributed by atoms with E-state index < -0.39 is 5.91 Å². The first-order chi connectivity index (χ1) is 15.7. The number of fused-ring (bicyclic) bond motifs is 1. The maximum absolute atomic E-state index is 12.8. The van der Waals surface area contributed by atoms with Crippen molar-refractivity contribution in [2.45, 2.75) is 13.8 Å². The van der Waals surface area contributed by atoms with Crippen molar-refractivity contribution in [1.29, 1.82) is 0 Å². The molecule has 0 unspecified atom stereocenters. The monoisotopic (exact) mass is 499 g/mol. The second kappa shape index (κ2) is 9.39. The summed E-state index contributed by atoms with van der Waals surface area (Å²) in [6, 6.07) is 14.5. The number of benzene rings is 3. The van der Waals surface area contributed by atoms with Gasteiger partial charge in [-0.1, -0.05) is 35.3 Å². The summed E-state index contributed by atoms with van der Waals surface area (Å²) in [6.45, 7) is 3.93. The summed E-state index contributed by atoms with van der Waals surface area (Å²) in [5.41, 5.74) is 5.17. The lowest BCUT2D eigenvalue weighted by molar-refractivity contribution is 0.0974. The molecule has 168 valence electrons. The number of oxazole rings is 1. The number of amides is 1. The number of anilines is 1. The molecule has 0 aliphatic rings. The smallest absolute Gasteiger partial charge is 0.261 e. The van der Waals surface area contributed by atoms with E-state index in [2.05, 4.69) is 15.6 Å². The van der Waals surface area contributed by atoms with Gasteiger partial charge in [0.05, 0.1) is 17.7 Å². The average molecular weight is 500 g/mol. The van der Waals surface area contributed by atoms with Gasteiger partial charge < -0.3 is 14.5 Å². The molecule has 1 amide bonds.